The average molecular weight is 180 g/mol. The maximum Gasteiger partial charge on any atom is 0.787 e. The van der Waals surface area contributed by atoms with Crippen LogP contribution in [0.15, 0.2) is 30.3 Å². The Labute approximate surface area is 76.3 Å². The highest BCUT2D eigenvalue weighted by atomic mass is 16.7. The minimum absolute atomic E-state index is 0.441. The van der Waals surface area contributed by atoms with Crippen molar-refractivity contribution in [1.82, 2.24) is 0 Å². The van der Waals surface area contributed by atoms with Crippen LogP contribution in [0.3, 0.4) is 0 Å². The summed E-state index contributed by atoms with van der Waals surface area (Å²) < 4.78 is 9.19. The van der Waals surface area contributed by atoms with Crippen molar-refractivity contribution in [2.75, 3.05) is 0 Å². The van der Waals surface area contributed by atoms with Crippen molar-refractivity contribution in [2.45, 2.75) is 6.92 Å². The first-order valence-corrected chi connectivity index (χ1v) is 3.75. The zero-order valence-electron chi connectivity index (χ0n) is 7.14. The Hall–Kier alpha value is -1.49. The largest absolute Gasteiger partial charge is 0.787 e. The van der Waals surface area contributed by atoms with Crippen LogP contribution in [-0.4, -0.2) is 18.3 Å². The summed E-state index contributed by atoms with van der Waals surface area (Å²) in [4.78, 5) is 10.4. The summed E-state index contributed by atoms with van der Waals surface area (Å²) in [5.74, 6) is -0.153. The maximum absolute atomic E-state index is 10.4. The van der Waals surface area contributed by atoms with E-state index in [0.29, 0.717) is 5.75 Å². The van der Waals surface area contributed by atoms with Crippen LogP contribution in [-0.2, 0) is 9.45 Å². The lowest BCUT2D eigenvalue weighted by Crippen LogP contribution is -2.28. The third-order valence-electron chi connectivity index (χ3n) is 1.25. The monoisotopic (exact) mass is 180 g/mol. The third-order valence-corrected chi connectivity index (χ3v) is 1.25. The quantitative estimate of drug-likeness (QED) is 0.692. The Bertz CT molecular complexity index is 275. The van der Waals surface area contributed by atoms with Gasteiger partial charge in [0.1, 0.15) is 5.75 Å². The van der Waals surface area contributed by atoms with E-state index < -0.39 is 13.3 Å². The van der Waals surface area contributed by atoms with Gasteiger partial charge >= 0.3 is 7.32 Å². The zero-order valence-corrected chi connectivity index (χ0v) is 7.14. The van der Waals surface area contributed by atoms with Crippen LogP contribution in [0, 0.1) is 0 Å². The molecule has 0 saturated heterocycles. The van der Waals surface area contributed by atoms with Gasteiger partial charge in [0, 0.05) is 6.92 Å². The molecule has 5 heteroatoms. The molecular formula is C8H9BO4. The highest BCUT2D eigenvalue weighted by Gasteiger charge is 2.21. The topological polar surface area (TPSA) is 55.8 Å². The lowest BCUT2D eigenvalue weighted by Gasteiger charge is -2.07. The van der Waals surface area contributed by atoms with E-state index >= 15 is 0 Å². The molecule has 0 heterocycles. The molecule has 4 nitrogen and oxygen atoms in total. The van der Waals surface area contributed by atoms with Gasteiger partial charge in [-0.05, 0) is 12.1 Å². The van der Waals surface area contributed by atoms with Gasteiger partial charge < -0.3 is 14.3 Å². The molecular weight excluding hydrogens is 171 g/mol. The summed E-state index contributed by atoms with van der Waals surface area (Å²) in [5, 5.41) is 9.01. The van der Waals surface area contributed by atoms with Gasteiger partial charge in [0.05, 0.1) is 0 Å². The lowest BCUT2D eigenvalue weighted by atomic mass is 10.2. The summed E-state index contributed by atoms with van der Waals surface area (Å²) in [6, 6.07) is 8.59. The number of carbonyl (C=O) groups is 1. The summed E-state index contributed by atoms with van der Waals surface area (Å²) in [7, 11) is -1.54. The number of rotatable bonds is 3. The molecule has 1 rings (SSSR count). The standard InChI is InChI=1S/C8H9BO4/c1-7(10)12-9(11)13-8-5-3-2-4-6-8/h2-6,11H,1H3. The molecule has 13 heavy (non-hydrogen) atoms. The van der Waals surface area contributed by atoms with Crippen molar-refractivity contribution in [2.24, 2.45) is 0 Å². The first-order chi connectivity index (χ1) is 6.18. The maximum atomic E-state index is 10.4. The first kappa shape index (κ1) is 9.60. The molecule has 0 atom stereocenters. The van der Waals surface area contributed by atoms with Gasteiger partial charge in [0.25, 0.3) is 5.97 Å². The fourth-order valence-corrected chi connectivity index (χ4v) is 0.782. The highest BCUT2D eigenvalue weighted by molar-refractivity contribution is 6.38. The van der Waals surface area contributed by atoms with Crippen molar-refractivity contribution < 1.29 is 19.1 Å². The first-order valence-electron chi connectivity index (χ1n) is 3.75. The molecule has 68 valence electrons. The minimum Gasteiger partial charge on any atom is -0.501 e. The van der Waals surface area contributed by atoms with E-state index in [-0.39, 0.29) is 0 Å². The summed E-state index contributed by atoms with van der Waals surface area (Å²) in [6.07, 6.45) is 0. The van der Waals surface area contributed by atoms with Gasteiger partial charge in [-0.1, -0.05) is 18.2 Å². The molecule has 0 aromatic heterocycles. The molecule has 0 radical (unpaired) electrons. The van der Waals surface area contributed by atoms with Gasteiger partial charge in [-0.15, -0.1) is 0 Å². The Morgan fingerprint density at radius 1 is 1.38 bits per heavy atom. The Balaban J connectivity index is 2.45. The SMILES string of the molecule is CC(=O)OB(O)Oc1ccccc1. The van der Waals surface area contributed by atoms with Crippen molar-refractivity contribution in [3.63, 3.8) is 0 Å². The van der Waals surface area contributed by atoms with E-state index in [1.54, 1.807) is 24.3 Å². The average Bonchev–Trinajstić information content (AvgIpc) is 2.04. The highest BCUT2D eigenvalue weighted by Crippen LogP contribution is 2.08. The van der Waals surface area contributed by atoms with E-state index in [9.17, 15) is 4.79 Å². The second kappa shape index (κ2) is 4.52. The second-order valence-corrected chi connectivity index (χ2v) is 2.35. The van der Waals surface area contributed by atoms with E-state index in [2.05, 4.69) is 4.65 Å². The van der Waals surface area contributed by atoms with Crippen LogP contribution in [0.25, 0.3) is 0 Å². The molecule has 1 N–H and O–H groups in total. The molecule has 0 fully saturated rings. The Morgan fingerprint density at radius 3 is 2.54 bits per heavy atom. The zero-order chi connectivity index (χ0) is 9.68. The van der Waals surface area contributed by atoms with Crippen LogP contribution >= 0.6 is 0 Å². The molecule has 0 unspecified atom stereocenters. The number of para-hydroxylation sites is 1. The fraction of sp³-hybridized carbons (Fsp3) is 0.125. The van der Waals surface area contributed by atoms with E-state index in [1.165, 1.54) is 6.92 Å². The number of hydrogen-bond acceptors (Lipinski definition) is 4. The predicted octanol–water partition coefficient (Wildman–Crippen LogP) is 0.606. The van der Waals surface area contributed by atoms with Gasteiger partial charge in [-0.3, -0.25) is 4.79 Å². The molecule has 0 amide bonds. The van der Waals surface area contributed by atoms with Crippen LogP contribution < -0.4 is 4.65 Å². The van der Waals surface area contributed by atoms with Gasteiger partial charge in [0.2, 0.25) is 0 Å². The smallest absolute Gasteiger partial charge is 0.501 e. The van der Waals surface area contributed by atoms with E-state index in [1.807, 2.05) is 6.07 Å². The van der Waals surface area contributed by atoms with Crippen LogP contribution in [0.5, 0.6) is 5.75 Å². The lowest BCUT2D eigenvalue weighted by molar-refractivity contribution is -0.134. The van der Waals surface area contributed by atoms with Gasteiger partial charge in [-0.25, -0.2) is 0 Å². The number of benzene rings is 1. The third kappa shape index (κ3) is 3.62. The molecule has 1 aromatic carbocycles. The van der Waals surface area contributed by atoms with Crippen molar-refractivity contribution in [3.05, 3.63) is 30.3 Å². The number of carbonyl (C=O) groups excluding carboxylic acids is 1. The van der Waals surface area contributed by atoms with E-state index in [0.717, 1.165) is 0 Å². The molecule has 0 aliphatic rings. The Morgan fingerprint density at radius 2 is 2.00 bits per heavy atom. The summed E-state index contributed by atoms with van der Waals surface area (Å²) in [5.41, 5.74) is 0. The van der Waals surface area contributed by atoms with Crippen LogP contribution in [0.4, 0.5) is 0 Å². The Kier molecular flexibility index (Phi) is 3.34. The molecule has 0 aliphatic carbocycles. The van der Waals surface area contributed by atoms with Crippen LogP contribution in [0.1, 0.15) is 6.92 Å². The predicted molar refractivity (Wildman–Crippen MR) is 46.8 cm³/mol. The van der Waals surface area contributed by atoms with Gasteiger partial charge in [-0.2, -0.15) is 0 Å². The van der Waals surface area contributed by atoms with Crippen molar-refractivity contribution in [1.29, 1.82) is 0 Å². The second-order valence-electron chi connectivity index (χ2n) is 2.35. The molecule has 0 aliphatic heterocycles. The summed E-state index contributed by atoms with van der Waals surface area (Å²) >= 11 is 0. The minimum atomic E-state index is -1.54. The normalized spacial score (nSPS) is 9.08. The summed E-state index contributed by atoms with van der Waals surface area (Å²) in [6.45, 7) is 1.19. The van der Waals surface area contributed by atoms with Crippen molar-refractivity contribution in [3.8, 4) is 5.75 Å². The van der Waals surface area contributed by atoms with Gasteiger partial charge in [0.15, 0.2) is 0 Å². The molecule has 0 bridgehead atoms. The van der Waals surface area contributed by atoms with E-state index in [4.69, 9.17) is 9.68 Å². The fourth-order valence-electron chi connectivity index (χ4n) is 0.782. The molecule has 0 spiro atoms. The molecule has 1 aromatic rings. The molecule has 0 saturated carbocycles. The van der Waals surface area contributed by atoms with Crippen LogP contribution in [0.2, 0.25) is 0 Å². The van der Waals surface area contributed by atoms with Crippen molar-refractivity contribution >= 4 is 13.3 Å². The number of hydrogen-bond donors (Lipinski definition) is 1.